The van der Waals surface area contributed by atoms with Gasteiger partial charge >= 0.3 is 0 Å². The molecule has 1 aromatic carbocycles. The molecule has 4 N–H and O–H groups in total. The van der Waals surface area contributed by atoms with Crippen molar-refractivity contribution in [1.82, 2.24) is 0 Å². The van der Waals surface area contributed by atoms with E-state index in [0.29, 0.717) is 12.2 Å². The molecule has 0 aliphatic carbocycles. The summed E-state index contributed by atoms with van der Waals surface area (Å²) in [5, 5.41) is 15.7. The van der Waals surface area contributed by atoms with Crippen molar-refractivity contribution in [1.29, 1.82) is 0 Å². The lowest BCUT2D eigenvalue weighted by Crippen LogP contribution is -3.14. The lowest BCUT2D eigenvalue weighted by molar-refractivity contribution is -0.909. The van der Waals surface area contributed by atoms with Crippen molar-refractivity contribution >= 4 is 17.6 Å². The number of rotatable bonds is 9. The Balaban J connectivity index is 1.71. The SMILES string of the molecule is Cc1cccc(NC(=O)C[C@@H]([NH2+]CCC[NH+]2CCOCC2)C(=O)[O-])c1. The fourth-order valence-electron chi connectivity index (χ4n) is 2.98. The molecule has 1 atom stereocenters. The van der Waals surface area contributed by atoms with Crippen molar-refractivity contribution in [2.24, 2.45) is 0 Å². The minimum atomic E-state index is -1.20. The molecule has 1 aromatic rings. The van der Waals surface area contributed by atoms with Gasteiger partial charge in [-0.2, -0.15) is 0 Å². The van der Waals surface area contributed by atoms with Gasteiger partial charge in [-0.25, -0.2) is 0 Å². The number of benzene rings is 1. The minimum Gasteiger partial charge on any atom is -0.544 e. The summed E-state index contributed by atoms with van der Waals surface area (Å²) in [6, 6.07) is 6.56. The van der Waals surface area contributed by atoms with Crippen molar-refractivity contribution < 1.29 is 29.6 Å². The highest BCUT2D eigenvalue weighted by Crippen LogP contribution is 2.09. The first-order chi connectivity index (χ1) is 12.0. The average molecular weight is 350 g/mol. The zero-order chi connectivity index (χ0) is 18.1. The fourth-order valence-corrected chi connectivity index (χ4v) is 2.98. The Morgan fingerprint density at radius 2 is 2.12 bits per heavy atom. The van der Waals surface area contributed by atoms with Crippen LogP contribution in [-0.2, 0) is 14.3 Å². The third-order valence-electron chi connectivity index (χ3n) is 4.40. The summed E-state index contributed by atoms with van der Waals surface area (Å²) in [6.07, 6.45) is 0.805. The zero-order valence-corrected chi connectivity index (χ0v) is 14.8. The molecule has 0 bridgehead atoms. The number of carboxylic acids is 1. The van der Waals surface area contributed by atoms with E-state index in [0.717, 1.165) is 44.8 Å². The molecular weight excluding hydrogens is 322 g/mol. The normalized spacial score (nSPS) is 16.4. The lowest BCUT2D eigenvalue weighted by atomic mass is 10.1. The monoisotopic (exact) mass is 350 g/mol. The maximum atomic E-state index is 12.1. The fraction of sp³-hybridized carbons (Fsp3) is 0.556. The molecule has 1 fully saturated rings. The summed E-state index contributed by atoms with van der Waals surface area (Å²) >= 11 is 0. The number of hydrogen-bond donors (Lipinski definition) is 3. The number of carbonyl (C=O) groups is 2. The summed E-state index contributed by atoms with van der Waals surface area (Å²) in [5.74, 6) is -1.51. The number of anilines is 1. The number of aryl methyl sites for hydroxylation is 1. The Morgan fingerprint density at radius 1 is 1.36 bits per heavy atom. The summed E-state index contributed by atoms with van der Waals surface area (Å²) in [7, 11) is 0. The van der Waals surface area contributed by atoms with Crippen LogP contribution in [0.2, 0.25) is 0 Å². The zero-order valence-electron chi connectivity index (χ0n) is 14.8. The second kappa shape index (κ2) is 10.1. The number of quaternary nitrogens is 2. The van der Waals surface area contributed by atoms with Crippen molar-refractivity contribution in [3.8, 4) is 0 Å². The van der Waals surface area contributed by atoms with E-state index in [1.54, 1.807) is 11.4 Å². The van der Waals surface area contributed by atoms with Crippen LogP contribution in [0, 0.1) is 6.92 Å². The summed E-state index contributed by atoms with van der Waals surface area (Å²) in [6.45, 7) is 7.19. The van der Waals surface area contributed by atoms with Crippen LogP contribution < -0.4 is 20.6 Å². The Hall–Kier alpha value is -1.96. The molecule has 1 amide bonds. The molecular formula is C18H28N3O4+. The van der Waals surface area contributed by atoms with Gasteiger partial charge < -0.3 is 30.2 Å². The molecule has 1 aliphatic heterocycles. The van der Waals surface area contributed by atoms with Crippen molar-refractivity contribution in [3.63, 3.8) is 0 Å². The van der Waals surface area contributed by atoms with E-state index in [1.807, 2.05) is 25.1 Å². The molecule has 0 unspecified atom stereocenters. The Morgan fingerprint density at radius 3 is 2.80 bits per heavy atom. The minimum absolute atomic E-state index is 0.0965. The predicted molar refractivity (Wildman–Crippen MR) is 91.0 cm³/mol. The van der Waals surface area contributed by atoms with E-state index in [9.17, 15) is 14.7 Å². The molecule has 0 radical (unpaired) electrons. The molecule has 1 heterocycles. The highest BCUT2D eigenvalue weighted by molar-refractivity contribution is 5.93. The van der Waals surface area contributed by atoms with Gasteiger partial charge in [0.25, 0.3) is 0 Å². The first kappa shape index (κ1) is 19.4. The van der Waals surface area contributed by atoms with E-state index in [2.05, 4.69) is 5.32 Å². The molecule has 7 heteroatoms. The maximum Gasteiger partial charge on any atom is 0.230 e. The first-order valence-corrected chi connectivity index (χ1v) is 8.86. The van der Waals surface area contributed by atoms with Gasteiger partial charge in [0.15, 0.2) is 0 Å². The van der Waals surface area contributed by atoms with E-state index < -0.39 is 12.0 Å². The van der Waals surface area contributed by atoms with Gasteiger partial charge in [0.05, 0.1) is 38.7 Å². The number of nitrogens with two attached hydrogens (primary N) is 1. The number of hydrogen-bond acceptors (Lipinski definition) is 4. The van der Waals surface area contributed by atoms with Crippen LogP contribution in [0.4, 0.5) is 5.69 Å². The third kappa shape index (κ3) is 7.21. The van der Waals surface area contributed by atoms with Crippen LogP contribution in [0.3, 0.4) is 0 Å². The summed E-state index contributed by atoms with van der Waals surface area (Å²) in [4.78, 5) is 24.9. The molecule has 138 valence electrons. The molecule has 1 saturated heterocycles. The van der Waals surface area contributed by atoms with Crippen LogP contribution in [0.5, 0.6) is 0 Å². The Bertz CT molecular complexity index is 573. The van der Waals surface area contributed by atoms with Gasteiger partial charge in [0.1, 0.15) is 19.1 Å². The number of amides is 1. The van der Waals surface area contributed by atoms with Crippen molar-refractivity contribution in [2.45, 2.75) is 25.8 Å². The Kier molecular flexibility index (Phi) is 7.84. The van der Waals surface area contributed by atoms with Gasteiger partial charge in [-0.1, -0.05) is 12.1 Å². The van der Waals surface area contributed by atoms with Gasteiger partial charge in [-0.05, 0) is 24.6 Å². The molecule has 2 rings (SSSR count). The largest absolute Gasteiger partial charge is 0.544 e. The quantitative estimate of drug-likeness (QED) is 0.422. The topological polar surface area (TPSA) is 99.5 Å². The number of carboxylic acid groups (broad SMARTS) is 1. The summed E-state index contributed by atoms with van der Waals surface area (Å²) < 4.78 is 5.32. The van der Waals surface area contributed by atoms with Gasteiger partial charge in [-0.15, -0.1) is 0 Å². The van der Waals surface area contributed by atoms with E-state index in [-0.39, 0.29) is 12.3 Å². The van der Waals surface area contributed by atoms with Crippen LogP contribution in [0.25, 0.3) is 0 Å². The lowest BCUT2D eigenvalue weighted by Gasteiger charge is -2.23. The maximum absolute atomic E-state index is 12.1. The van der Waals surface area contributed by atoms with E-state index in [1.165, 1.54) is 4.90 Å². The average Bonchev–Trinajstić information content (AvgIpc) is 2.58. The van der Waals surface area contributed by atoms with Crippen molar-refractivity contribution in [3.05, 3.63) is 29.8 Å². The predicted octanol–water partition coefficient (Wildman–Crippen LogP) is -2.69. The molecule has 0 aromatic heterocycles. The van der Waals surface area contributed by atoms with Crippen LogP contribution in [-0.4, -0.2) is 57.3 Å². The number of aliphatic carboxylic acids is 1. The highest BCUT2D eigenvalue weighted by Gasteiger charge is 2.19. The molecule has 1 aliphatic rings. The molecule has 0 saturated carbocycles. The van der Waals surface area contributed by atoms with Gasteiger partial charge in [0.2, 0.25) is 5.91 Å². The van der Waals surface area contributed by atoms with E-state index in [4.69, 9.17) is 4.74 Å². The molecule has 25 heavy (non-hydrogen) atoms. The van der Waals surface area contributed by atoms with Crippen molar-refractivity contribution in [2.75, 3.05) is 44.7 Å². The standard InChI is InChI=1S/C18H27N3O4/c1-14-4-2-5-15(12-14)20-17(22)13-16(18(23)24)19-6-3-7-21-8-10-25-11-9-21/h2,4-5,12,16,19H,3,6-11,13H2,1H3,(H,20,22)(H,23,24)/p+1/t16-/m1/s1. The Labute approximate surface area is 148 Å². The van der Waals surface area contributed by atoms with E-state index >= 15 is 0 Å². The van der Waals surface area contributed by atoms with Crippen LogP contribution >= 0.6 is 0 Å². The van der Waals surface area contributed by atoms with Crippen LogP contribution in [0.15, 0.2) is 24.3 Å². The van der Waals surface area contributed by atoms with Crippen LogP contribution in [0.1, 0.15) is 18.4 Å². The van der Waals surface area contributed by atoms with Gasteiger partial charge in [0, 0.05) is 12.1 Å². The molecule has 7 nitrogen and oxygen atoms in total. The second-order valence-electron chi connectivity index (χ2n) is 6.54. The number of carbonyl (C=O) groups excluding carboxylic acids is 2. The second-order valence-corrected chi connectivity index (χ2v) is 6.54. The highest BCUT2D eigenvalue weighted by atomic mass is 16.5. The van der Waals surface area contributed by atoms with Gasteiger partial charge in [-0.3, -0.25) is 4.79 Å². The number of ether oxygens (including phenoxy) is 1. The third-order valence-corrected chi connectivity index (χ3v) is 4.40. The summed E-state index contributed by atoms with van der Waals surface area (Å²) in [5.41, 5.74) is 1.71. The number of morpholine rings is 1. The first-order valence-electron chi connectivity index (χ1n) is 8.86. The molecule has 0 spiro atoms. The number of nitrogens with one attached hydrogen (secondary N) is 2. The smallest absolute Gasteiger partial charge is 0.230 e.